The summed E-state index contributed by atoms with van der Waals surface area (Å²) in [6.45, 7) is 6.37. The molecule has 1 aromatic heterocycles. The van der Waals surface area contributed by atoms with Crippen molar-refractivity contribution in [2.75, 3.05) is 6.61 Å². The van der Waals surface area contributed by atoms with Crippen LogP contribution in [0.3, 0.4) is 0 Å². The van der Waals surface area contributed by atoms with Gasteiger partial charge in [-0.3, -0.25) is 4.79 Å². The van der Waals surface area contributed by atoms with Crippen molar-refractivity contribution >= 4 is 17.3 Å². The van der Waals surface area contributed by atoms with Crippen molar-refractivity contribution in [2.24, 2.45) is 0 Å². The van der Waals surface area contributed by atoms with Gasteiger partial charge >= 0.3 is 5.97 Å². The Hall–Kier alpha value is -1.68. The van der Waals surface area contributed by atoms with E-state index in [1.807, 2.05) is 5.38 Å². The smallest absolute Gasteiger partial charge is 0.311 e. The summed E-state index contributed by atoms with van der Waals surface area (Å²) in [5.41, 5.74) is 4.35. The minimum atomic E-state index is -0.222. The molecule has 3 nitrogen and oxygen atoms in total. The molecule has 1 aromatic carbocycles. The fourth-order valence-corrected chi connectivity index (χ4v) is 2.83. The molecule has 0 aliphatic heterocycles. The zero-order chi connectivity index (χ0) is 13.8. The predicted octanol–water partition coefficient (Wildman–Crippen LogP) is 3.53. The maximum atomic E-state index is 11.4. The van der Waals surface area contributed by atoms with Crippen LogP contribution in [-0.2, 0) is 16.0 Å². The number of hydrogen-bond acceptors (Lipinski definition) is 4. The van der Waals surface area contributed by atoms with Crippen LogP contribution in [0.25, 0.3) is 10.6 Å². The Kier molecular flexibility index (Phi) is 4.32. The standard InChI is InChI=1S/C15H17NO2S/c1-4-18-14(17)8-12-9-19-15(16-12)13-6-5-10(2)7-11(13)3/h5-7,9H,4,8H2,1-3H3. The van der Waals surface area contributed by atoms with Gasteiger partial charge in [0.15, 0.2) is 0 Å². The number of carbonyl (C=O) groups is 1. The highest BCUT2D eigenvalue weighted by Gasteiger charge is 2.11. The first kappa shape index (κ1) is 13.7. The molecule has 2 aromatic rings. The van der Waals surface area contributed by atoms with Gasteiger partial charge in [0.2, 0.25) is 0 Å². The molecule has 19 heavy (non-hydrogen) atoms. The predicted molar refractivity (Wildman–Crippen MR) is 77.4 cm³/mol. The number of hydrogen-bond donors (Lipinski definition) is 0. The normalized spacial score (nSPS) is 10.5. The Balaban J connectivity index is 2.18. The number of esters is 1. The molecule has 0 N–H and O–H groups in total. The SMILES string of the molecule is CCOC(=O)Cc1csc(-c2ccc(C)cc2C)n1. The average molecular weight is 275 g/mol. The zero-order valence-corrected chi connectivity index (χ0v) is 12.2. The van der Waals surface area contributed by atoms with Crippen LogP contribution in [0.15, 0.2) is 23.6 Å². The van der Waals surface area contributed by atoms with Gasteiger partial charge in [0.1, 0.15) is 5.01 Å². The van der Waals surface area contributed by atoms with Crippen LogP contribution in [0, 0.1) is 13.8 Å². The molecule has 0 bridgehead atoms. The fraction of sp³-hybridized carbons (Fsp3) is 0.333. The number of aryl methyl sites for hydroxylation is 2. The number of thiazole rings is 1. The molecule has 0 saturated carbocycles. The lowest BCUT2D eigenvalue weighted by molar-refractivity contribution is -0.142. The van der Waals surface area contributed by atoms with E-state index in [0.29, 0.717) is 6.61 Å². The van der Waals surface area contributed by atoms with Crippen LogP contribution in [0.1, 0.15) is 23.7 Å². The second-order valence-corrected chi connectivity index (χ2v) is 5.30. The minimum absolute atomic E-state index is 0.222. The summed E-state index contributed by atoms with van der Waals surface area (Å²) in [6.07, 6.45) is 0.245. The van der Waals surface area contributed by atoms with Gasteiger partial charge in [-0.25, -0.2) is 4.98 Å². The molecule has 0 amide bonds. The van der Waals surface area contributed by atoms with Gasteiger partial charge in [-0.05, 0) is 26.3 Å². The molecule has 0 fully saturated rings. The number of benzene rings is 1. The highest BCUT2D eigenvalue weighted by atomic mass is 32.1. The van der Waals surface area contributed by atoms with E-state index in [1.165, 1.54) is 11.1 Å². The van der Waals surface area contributed by atoms with Gasteiger partial charge < -0.3 is 4.74 Å². The lowest BCUT2D eigenvalue weighted by atomic mass is 10.1. The molecule has 0 aliphatic rings. The van der Waals surface area contributed by atoms with Crippen molar-refractivity contribution in [1.82, 2.24) is 4.98 Å². The second-order valence-electron chi connectivity index (χ2n) is 4.44. The number of rotatable bonds is 4. The lowest BCUT2D eigenvalue weighted by Crippen LogP contribution is -2.07. The van der Waals surface area contributed by atoms with Crippen molar-refractivity contribution in [3.63, 3.8) is 0 Å². The second kappa shape index (κ2) is 5.97. The van der Waals surface area contributed by atoms with Gasteiger partial charge in [0.25, 0.3) is 0 Å². The molecule has 0 atom stereocenters. The molecule has 100 valence electrons. The molecule has 0 spiro atoms. The number of aromatic nitrogens is 1. The summed E-state index contributed by atoms with van der Waals surface area (Å²) in [4.78, 5) is 15.9. The van der Waals surface area contributed by atoms with E-state index < -0.39 is 0 Å². The van der Waals surface area contributed by atoms with E-state index in [1.54, 1.807) is 18.3 Å². The maximum Gasteiger partial charge on any atom is 0.311 e. The Labute approximate surface area is 117 Å². The van der Waals surface area contributed by atoms with Crippen LogP contribution in [-0.4, -0.2) is 17.6 Å². The van der Waals surface area contributed by atoms with Crippen molar-refractivity contribution < 1.29 is 9.53 Å². The summed E-state index contributed by atoms with van der Waals surface area (Å²) in [5, 5.41) is 2.88. The van der Waals surface area contributed by atoms with Crippen LogP contribution in [0.5, 0.6) is 0 Å². The number of nitrogens with zero attached hydrogens (tertiary/aromatic N) is 1. The fourth-order valence-electron chi connectivity index (χ4n) is 1.93. The van der Waals surface area contributed by atoms with E-state index in [0.717, 1.165) is 16.3 Å². The van der Waals surface area contributed by atoms with Crippen molar-refractivity contribution in [3.8, 4) is 10.6 Å². The molecular weight excluding hydrogens is 258 g/mol. The van der Waals surface area contributed by atoms with E-state index >= 15 is 0 Å². The average Bonchev–Trinajstić information content (AvgIpc) is 2.77. The highest BCUT2D eigenvalue weighted by molar-refractivity contribution is 7.13. The summed E-state index contributed by atoms with van der Waals surface area (Å²) >= 11 is 1.56. The van der Waals surface area contributed by atoms with E-state index in [-0.39, 0.29) is 12.4 Å². The summed E-state index contributed by atoms with van der Waals surface area (Å²) < 4.78 is 4.93. The van der Waals surface area contributed by atoms with Gasteiger partial charge in [-0.1, -0.05) is 23.8 Å². The third kappa shape index (κ3) is 3.41. The Bertz CT molecular complexity index is 590. The van der Waals surface area contributed by atoms with Gasteiger partial charge in [-0.2, -0.15) is 0 Å². The Morgan fingerprint density at radius 1 is 1.37 bits per heavy atom. The largest absolute Gasteiger partial charge is 0.466 e. The third-order valence-electron chi connectivity index (χ3n) is 2.79. The van der Waals surface area contributed by atoms with E-state index in [2.05, 4.69) is 37.0 Å². The third-order valence-corrected chi connectivity index (χ3v) is 3.72. The molecule has 4 heteroatoms. The first-order valence-corrected chi connectivity index (χ1v) is 7.15. The van der Waals surface area contributed by atoms with Crippen molar-refractivity contribution in [2.45, 2.75) is 27.2 Å². The van der Waals surface area contributed by atoms with Crippen LogP contribution in [0.2, 0.25) is 0 Å². The first-order chi connectivity index (χ1) is 9.10. The number of carbonyl (C=O) groups excluding carboxylic acids is 1. The van der Waals surface area contributed by atoms with Gasteiger partial charge in [-0.15, -0.1) is 11.3 Å². The first-order valence-electron chi connectivity index (χ1n) is 6.27. The molecule has 0 radical (unpaired) electrons. The number of ether oxygens (including phenoxy) is 1. The molecule has 0 saturated heterocycles. The van der Waals surface area contributed by atoms with E-state index in [9.17, 15) is 4.79 Å². The topological polar surface area (TPSA) is 39.2 Å². The Morgan fingerprint density at radius 2 is 2.16 bits per heavy atom. The van der Waals surface area contributed by atoms with Crippen molar-refractivity contribution in [1.29, 1.82) is 0 Å². The maximum absolute atomic E-state index is 11.4. The van der Waals surface area contributed by atoms with Crippen LogP contribution < -0.4 is 0 Å². The molecule has 1 heterocycles. The molecule has 0 aliphatic carbocycles. The monoisotopic (exact) mass is 275 g/mol. The van der Waals surface area contributed by atoms with Gasteiger partial charge in [0.05, 0.1) is 18.7 Å². The van der Waals surface area contributed by atoms with Crippen molar-refractivity contribution in [3.05, 3.63) is 40.4 Å². The molecule has 2 rings (SSSR count). The van der Waals surface area contributed by atoms with Gasteiger partial charge in [0, 0.05) is 10.9 Å². The molecule has 0 unspecified atom stereocenters. The minimum Gasteiger partial charge on any atom is -0.466 e. The van der Waals surface area contributed by atoms with E-state index in [4.69, 9.17) is 4.74 Å². The lowest BCUT2D eigenvalue weighted by Gasteiger charge is -2.03. The highest BCUT2D eigenvalue weighted by Crippen LogP contribution is 2.27. The summed E-state index contributed by atoms with van der Waals surface area (Å²) in [5.74, 6) is -0.222. The quantitative estimate of drug-likeness (QED) is 0.801. The Morgan fingerprint density at radius 3 is 2.84 bits per heavy atom. The zero-order valence-electron chi connectivity index (χ0n) is 11.4. The summed E-state index contributed by atoms with van der Waals surface area (Å²) in [7, 11) is 0. The summed E-state index contributed by atoms with van der Waals surface area (Å²) in [6, 6.07) is 6.30. The van der Waals surface area contributed by atoms with Crippen LogP contribution in [0.4, 0.5) is 0 Å². The molecular formula is C15H17NO2S. The van der Waals surface area contributed by atoms with Crippen LogP contribution >= 0.6 is 11.3 Å².